The highest BCUT2D eigenvalue weighted by molar-refractivity contribution is 7.11. The van der Waals surface area contributed by atoms with Crippen LogP contribution >= 0.6 is 11.3 Å². The lowest BCUT2D eigenvalue weighted by Gasteiger charge is -2.05. The minimum atomic E-state index is 0.536. The van der Waals surface area contributed by atoms with E-state index in [4.69, 9.17) is 4.74 Å². The smallest absolute Gasteiger partial charge is 0.118 e. The summed E-state index contributed by atoms with van der Waals surface area (Å²) in [5.41, 5.74) is 0. The maximum Gasteiger partial charge on any atom is 0.118 e. The zero-order chi connectivity index (χ0) is 12.5. The van der Waals surface area contributed by atoms with Crippen molar-refractivity contribution in [2.45, 2.75) is 46.1 Å². The Labute approximate surface area is 108 Å². The number of nitrogens with zero attached hydrogens (tertiary/aromatic N) is 2. The van der Waals surface area contributed by atoms with Gasteiger partial charge in [0.2, 0.25) is 0 Å². The number of aryl methyl sites for hydroxylation is 1. The summed E-state index contributed by atoms with van der Waals surface area (Å²) in [5, 5.41) is 14.0. The molecule has 1 aromatic heterocycles. The molecule has 1 aromatic rings. The van der Waals surface area contributed by atoms with E-state index in [1.165, 1.54) is 0 Å². The Morgan fingerprint density at radius 3 is 2.59 bits per heavy atom. The van der Waals surface area contributed by atoms with Gasteiger partial charge in [-0.15, -0.1) is 21.5 Å². The highest BCUT2D eigenvalue weighted by Crippen LogP contribution is 2.12. The monoisotopic (exact) mass is 257 g/mol. The van der Waals surface area contributed by atoms with Gasteiger partial charge in [0, 0.05) is 38.6 Å². The molecule has 4 nitrogen and oxygen atoms in total. The van der Waals surface area contributed by atoms with Gasteiger partial charge in [-0.1, -0.05) is 13.8 Å². The van der Waals surface area contributed by atoms with Crippen molar-refractivity contribution in [2.75, 3.05) is 19.8 Å². The van der Waals surface area contributed by atoms with Crippen molar-refractivity contribution in [2.24, 2.45) is 0 Å². The third-order valence-corrected chi connectivity index (χ3v) is 3.33. The Hall–Kier alpha value is -0.520. The summed E-state index contributed by atoms with van der Waals surface area (Å²) in [6, 6.07) is 0.536. The van der Waals surface area contributed by atoms with Crippen LogP contribution in [0.15, 0.2) is 0 Å². The second-order valence-electron chi connectivity index (χ2n) is 4.25. The van der Waals surface area contributed by atoms with Crippen LogP contribution in [0.1, 0.15) is 37.2 Å². The van der Waals surface area contributed by atoms with Gasteiger partial charge in [-0.3, -0.25) is 0 Å². The Morgan fingerprint density at radius 1 is 1.24 bits per heavy atom. The number of hydrogen-bond acceptors (Lipinski definition) is 5. The van der Waals surface area contributed by atoms with Crippen molar-refractivity contribution in [3.8, 4) is 0 Å². The van der Waals surface area contributed by atoms with Crippen LogP contribution in [0.2, 0.25) is 0 Å². The third-order valence-electron chi connectivity index (χ3n) is 2.28. The quantitative estimate of drug-likeness (QED) is 0.688. The van der Waals surface area contributed by atoms with Crippen LogP contribution in [0.3, 0.4) is 0 Å². The standard InChI is InChI=1S/C12H23N3OS/c1-4-16-9-5-6-11-14-15-12(17-11)7-8-13-10(2)3/h10,13H,4-9H2,1-3H3. The van der Waals surface area contributed by atoms with Gasteiger partial charge in [0.25, 0.3) is 0 Å². The van der Waals surface area contributed by atoms with Crippen molar-refractivity contribution < 1.29 is 4.74 Å². The number of hydrogen-bond donors (Lipinski definition) is 1. The molecule has 0 spiro atoms. The van der Waals surface area contributed by atoms with E-state index in [-0.39, 0.29) is 0 Å². The minimum absolute atomic E-state index is 0.536. The molecule has 0 saturated carbocycles. The molecular weight excluding hydrogens is 234 g/mol. The first-order chi connectivity index (χ1) is 8.22. The van der Waals surface area contributed by atoms with E-state index in [0.717, 1.165) is 49.0 Å². The Balaban J connectivity index is 2.18. The van der Waals surface area contributed by atoms with Crippen molar-refractivity contribution >= 4 is 11.3 Å². The van der Waals surface area contributed by atoms with Crippen LogP contribution < -0.4 is 5.32 Å². The largest absolute Gasteiger partial charge is 0.382 e. The average molecular weight is 257 g/mol. The van der Waals surface area contributed by atoms with E-state index in [1.54, 1.807) is 11.3 Å². The van der Waals surface area contributed by atoms with Gasteiger partial charge < -0.3 is 10.1 Å². The SMILES string of the molecule is CCOCCCc1nnc(CCNC(C)C)s1. The van der Waals surface area contributed by atoms with E-state index >= 15 is 0 Å². The maximum atomic E-state index is 5.30. The highest BCUT2D eigenvalue weighted by atomic mass is 32.1. The normalized spacial score (nSPS) is 11.3. The summed E-state index contributed by atoms with van der Waals surface area (Å²) in [6.07, 6.45) is 2.99. The molecule has 0 unspecified atom stereocenters. The first-order valence-electron chi connectivity index (χ1n) is 6.34. The van der Waals surface area contributed by atoms with Gasteiger partial charge in [-0.2, -0.15) is 0 Å². The van der Waals surface area contributed by atoms with E-state index in [2.05, 4.69) is 29.4 Å². The lowest BCUT2D eigenvalue weighted by atomic mass is 10.3. The Kier molecular flexibility index (Phi) is 7.32. The fourth-order valence-corrected chi connectivity index (χ4v) is 2.31. The lowest BCUT2D eigenvalue weighted by Crippen LogP contribution is -2.24. The number of rotatable bonds is 9. The molecule has 0 amide bonds. The van der Waals surface area contributed by atoms with Gasteiger partial charge in [-0.25, -0.2) is 0 Å². The summed E-state index contributed by atoms with van der Waals surface area (Å²) in [5.74, 6) is 0. The molecule has 0 saturated heterocycles. The maximum absolute atomic E-state index is 5.30. The molecule has 0 aliphatic rings. The summed E-state index contributed by atoms with van der Waals surface area (Å²) in [4.78, 5) is 0. The van der Waals surface area contributed by atoms with Crippen LogP contribution in [-0.2, 0) is 17.6 Å². The molecule has 0 aromatic carbocycles. The molecule has 5 heteroatoms. The van der Waals surface area contributed by atoms with Crippen molar-refractivity contribution in [1.82, 2.24) is 15.5 Å². The number of ether oxygens (including phenoxy) is 1. The van der Waals surface area contributed by atoms with Crippen LogP contribution in [0, 0.1) is 0 Å². The highest BCUT2D eigenvalue weighted by Gasteiger charge is 2.04. The van der Waals surface area contributed by atoms with E-state index in [9.17, 15) is 0 Å². The molecule has 0 aliphatic carbocycles. The summed E-state index contributed by atoms with van der Waals surface area (Å²) in [6.45, 7) is 8.91. The molecule has 0 aliphatic heterocycles. The molecule has 0 atom stereocenters. The zero-order valence-corrected chi connectivity index (χ0v) is 11.8. The molecule has 1 rings (SSSR count). The third kappa shape index (κ3) is 6.71. The van der Waals surface area contributed by atoms with Crippen LogP contribution in [0.25, 0.3) is 0 Å². The average Bonchev–Trinajstić information content (AvgIpc) is 2.72. The van der Waals surface area contributed by atoms with Crippen LogP contribution in [-0.4, -0.2) is 36.0 Å². The predicted octanol–water partition coefficient (Wildman–Crippen LogP) is 2.05. The molecule has 0 bridgehead atoms. The van der Waals surface area contributed by atoms with Crippen LogP contribution in [0.5, 0.6) is 0 Å². The van der Waals surface area contributed by atoms with Crippen molar-refractivity contribution in [3.63, 3.8) is 0 Å². The van der Waals surface area contributed by atoms with Gasteiger partial charge in [0.15, 0.2) is 0 Å². The van der Waals surface area contributed by atoms with Gasteiger partial charge in [-0.05, 0) is 13.3 Å². The molecule has 17 heavy (non-hydrogen) atoms. The van der Waals surface area contributed by atoms with E-state index in [1.807, 2.05) is 6.92 Å². The predicted molar refractivity (Wildman–Crippen MR) is 71.6 cm³/mol. The fraction of sp³-hybridized carbons (Fsp3) is 0.833. The summed E-state index contributed by atoms with van der Waals surface area (Å²) < 4.78 is 5.30. The Bertz CT molecular complexity index is 302. The first-order valence-corrected chi connectivity index (χ1v) is 7.16. The molecular formula is C12H23N3OS. The zero-order valence-electron chi connectivity index (χ0n) is 11.0. The van der Waals surface area contributed by atoms with Gasteiger partial charge in [0.05, 0.1) is 0 Å². The van der Waals surface area contributed by atoms with Gasteiger partial charge >= 0.3 is 0 Å². The lowest BCUT2D eigenvalue weighted by molar-refractivity contribution is 0.145. The summed E-state index contributed by atoms with van der Waals surface area (Å²) in [7, 11) is 0. The minimum Gasteiger partial charge on any atom is -0.382 e. The second kappa shape index (κ2) is 8.55. The molecule has 1 N–H and O–H groups in total. The van der Waals surface area contributed by atoms with Crippen LogP contribution in [0.4, 0.5) is 0 Å². The van der Waals surface area contributed by atoms with Gasteiger partial charge in [0.1, 0.15) is 10.0 Å². The molecule has 1 heterocycles. The molecule has 98 valence electrons. The van der Waals surface area contributed by atoms with Crippen molar-refractivity contribution in [1.29, 1.82) is 0 Å². The van der Waals surface area contributed by atoms with E-state index in [0.29, 0.717) is 6.04 Å². The Morgan fingerprint density at radius 2 is 1.94 bits per heavy atom. The fourth-order valence-electron chi connectivity index (χ4n) is 1.43. The first kappa shape index (κ1) is 14.5. The summed E-state index contributed by atoms with van der Waals surface area (Å²) >= 11 is 1.72. The number of aromatic nitrogens is 2. The molecule has 0 fully saturated rings. The molecule has 0 radical (unpaired) electrons. The van der Waals surface area contributed by atoms with E-state index < -0.39 is 0 Å². The van der Waals surface area contributed by atoms with Crippen molar-refractivity contribution in [3.05, 3.63) is 10.0 Å². The topological polar surface area (TPSA) is 47.0 Å². The second-order valence-corrected chi connectivity index (χ2v) is 5.40. The number of nitrogens with one attached hydrogen (secondary N) is 1.